The predicted molar refractivity (Wildman–Crippen MR) is 142 cm³/mol. The number of alkyl halides is 1. The SMILES string of the molecule is CCC(O)C(=O)O.CN(C)C(=O)N1C[C@@H]2CC(Cc3ccccc3)(NCC(=O)N3CC(F)CC3C#N)C[C@@H]2C1. The number of amides is 3. The topological polar surface area (TPSA) is 137 Å². The number of carbonyl (C=O) groups excluding carboxylic acids is 2. The number of rotatable bonds is 7. The van der Waals surface area contributed by atoms with Crippen molar-refractivity contribution in [2.45, 2.75) is 62.9 Å². The molecular weight excluding hydrogens is 505 g/mol. The van der Waals surface area contributed by atoms with Crippen LogP contribution in [-0.4, -0.2) is 107 Å². The quantitative estimate of drug-likeness (QED) is 0.476. The normalized spacial score (nSPS) is 28.2. The van der Waals surface area contributed by atoms with Crippen LogP contribution in [0.5, 0.6) is 0 Å². The number of aliphatic carboxylic acids is 1. The number of halogens is 1. The highest BCUT2D eigenvalue weighted by Gasteiger charge is 2.50. The molecule has 0 radical (unpaired) electrons. The first kappa shape index (κ1) is 30.3. The number of likely N-dealkylation sites (tertiary alicyclic amines) is 2. The van der Waals surface area contributed by atoms with Crippen LogP contribution in [0.15, 0.2) is 30.3 Å². The van der Waals surface area contributed by atoms with Gasteiger partial charge in [0.2, 0.25) is 5.91 Å². The molecule has 2 heterocycles. The highest BCUT2D eigenvalue weighted by atomic mass is 19.1. The molecule has 1 aliphatic carbocycles. The molecule has 3 aliphatic rings. The van der Waals surface area contributed by atoms with Gasteiger partial charge in [-0.1, -0.05) is 37.3 Å². The molecule has 214 valence electrons. The smallest absolute Gasteiger partial charge is 0.332 e. The lowest BCUT2D eigenvalue weighted by Gasteiger charge is -2.34. The molecule has 0 aromatic heterocycles. The van der Waals surface area contributed by atoms with Gasteiger partial charge in [0, 0.05) is 39.1 Å². The summed E-state index contributed by atoms with van der Waals surface area (Å²) in [6, 6.07) is 11.6. The summed E-state index contributed by atoms with van der Waals surface area (Å²) >= 11 is 0. The van der Waals surface area contributed by atoms with Gasteiger partial charge >= 0.3 is 12.0 Å². The second-order valence-electron chi connectivity index (χ2n) is 11.1. The molecule has 3 fully saturated rings. The molecule has 2 saturated heterocycles. The lowest BCUT2D eigenvalue weighted by Crippen LogP contribution is -2.51. The zero-order valence-electron chi connectivity index (χ0n) is 22.9. The molecule has 1 saturated carbocycles. The summed E-state index contributed by atoms with van der Waals surface area (Å²) in [7, 11) is 3.55. The number of carboxylic acid groups (broad SMARTS) is 1. The van der Waals surface area contributed by atoms with E-state index in [0.717, 1.165) is 32.4 Å². The van der Waals surface area contributed by atoms with Crippen molar-refractivity contribution in [2.75, 3.05) is 40.3 Å². The number of hydrogen-bond donors (Lipinski definition) is 3. The average Bonchev–Trinajstić information content (AvgIpc) is 3.58. The first-order valence-corrected chi connectivity index (χ1v) is 13.5. The number of benzene rings is 1. The van der Waals surface area contributed by atoms with Gasteiger partial charge in [-0.15, -0.1) is 0 Å². The summed E-state index contributed by atoms with van der Waals surface area (Å²) in [6.07, 6.45) is 0.609. The second kappa shape index (κ2) is 13.2. The number of nitrogens with zero attached hydrogens (tertiary/aromatic N) is 4. The largest absolute Gasteiger partial charge is 0.479 e. The summed E-state index contributed by atoms with van der Waals surface area (Å²) in [5.74, 6) is -0.591. The summed E-state index contributed by atoms with van der Waals surface area (Å²) in [6.45, 7) is 3.17. The summed E-state index contributed by atoms with van der Waals surface area (Å²) in [4.78, 5) is 39.9. The van der Waals surface area contributed by atoms with Crippen molar-refractivity contribution in [3.63, 3.8) is 0 Å². The Hall–Kier alpha value is -3.23. The summed E-state index contributed by atoms with van der Waals surface area (Å²) in [5, 5.41) is 29.1. The maximum absolute atomic E-state index is 13.8. The minimum absolute atomic E-state index is 0.00270. The number of hydrogen-bond acceptors (Lipinski definition) is 6. The molecule has 3 N–H and O–H groups in total. The van der Waals surface area contributed by atoms with E-state index in [1.54, 1.807) is 25.9 Å². The van der Waals surface area contributed by atoms with Crippen molar-refractivity contribution in [3.8, 4) is 6.07 Å². The van der Waals surface area contributed by atoms with E-state index in [1.807, 2.05) is 23.1 Å². The third kappa shape index (κ3) is 7.67. The molecule has 0 bridgehead atoms. The Kier molecular flexibility index (Phi) is 10.3. The molecule has 10 nitrogen and oxygen atoms in total. The Balaban J connectivity index is 0.000000532. The monoisotopic (exact) mass is 545 g/mol. The zero-order valence-corrected chi connectivity index (χ0v) is 22.9. The van der Waals surface area contributed by atoms with Crippen molar-refractivity contribution in [3.05, 3.63) is 35.9 Å². The Morgan fingerprint density at radius 3 is 2.28 bits per heavy atom. The number of aliphatic hydroxyl groups is 1. The van der Waals surface area contributed by atoms with Crippen LogP contribution in [0.4, 0.5) is 9.18 Å². The number of aliphatic hydroxyl groups excluding tert-OH is 1. The molecule has 11 heteroatoms. The van der Waals surface area contributed by atoms with Gasteiger partial charge in [-0.25, -0.2) is 14.0 Å². The van der Waals surface area contributed by atoms with Crippen LogP contribution in [0.2, 0.25) is 0 Å². The number of carbonyl (C=O) groups is 3. The highest BCUT2D eigenvalue weighted by Crippen LogP contribution is 2.45. The average molecular weight is 546 g/mol. The van der Waals surface area contributed by atoms with Gasteiger partial charge in [0.25, 0.3) is 0 Å². The molecule has 3 amide bonds. The van der Waals surface area contributed by atoms with Gasteiger partial charge < -0.3 is 30.2 Å². The van der Waals surface area contributed by atoms with Gasteiger partial charge in [0.05, 0.1) is 19.2 Å². The molecule has 1 aromatic carbocycles. The zero-order chi connectivity index (χ0) is 28.7. The molecule has 0 spiro atoms. The predicted octanol–water partition coefficient (Wildman–Crippen LogP) is 1.89. The van der Waals surface area contributed by atoms with E-state index in [1.165, 1.54) is 10.5 Å². The Morgan fingerprint density at radius 1 is 1.18 bits per heavy atom. The Morgan fingerprint density at radius 2 is 1.79 bits per heavy atom. The molecule has 6 atom stereocenters. The first-order chi connectivity index (χ1) is 18.5. The van der Waals surface area contributed by atoms with Crippen molar-refractivity contribution < 1.29 is 29.0 Å². The van der Waals surface area contributed by atoms with Crippen molar-refractivity contribution in [2.24, 2.45) is 11.8 Å². The van der Waals surface area contributed by atoms with E-state index < -0.39 is 24.3 Å². The van der Waals surface area contributed by atoms with Gasteiger partial charge in [-0.3, -0.25) is 4.79 Å². The second-order valence-corrected chi connectivity index (χ2v) is 11.1. The van der Waals surface area contributed by atoms with Crippen LogP contribution >= 0.6 is 0 Å². The minimum atomic E-state index is -1.18. The van der Waals surface area contributed by atoms with Crippen LogP contribution < -0.4 is 5.32 Å². The standard InChI is InChI=1S/C24H32FN5O2.C4H8O3/c1-28(2)23(32)29-14-18-10-24(11-19(18)15-29,9-17-6-4-3-5-7-17)27-13-22(31)30-16-20(25)8-21(30)12-26;1-2-3(5)4(6)7/h3-7,18-21,27H,8-11,13-16H2,1-2H3;3,5H,2H2,1H3,(H,6,7)/t18-,19+,20?,21?,24?;. The lowest BCUT2D eigenvalue weighted by molar-refractivity contribution is -0.146. The van der Waals surface area contributed by atoms with Crippen molar-refractivity contribution >= 4 is 17.9 Å². The van der Waals surface area contributed by atoms with Crippen LogP contribution in [0.25, 0.3) is 0 Å². The Bertz CT molecular complexity index is 1030. The third-order valence-corrected chi connectivity index (χ3v) is 7.93. The van der Waals surface area contributed by atoms with Crippen LogP contribution in [0, 0.1) is 23.2 Å². The van der Waals surface area contributed by atoms with Crippen LogP contribution in [-0.2, 0) is 16.0 Å². The molecule has 4 rings (SSSR count). The number of fused-ring (bicyclic) bond motifs is 1. The van der Waals surface area contributed by atoms with Gasteiger partial charge in [0.1, 0.15) is 12.2 Å². The number of carboxylic acids is 1. The fourth-order valence-corrected chi connectivity index (χ4v) is 5.99. The Labute approximate surface area is 229 Å². The molecule has 4 unspecified atom stereocenters. The minimum Gasteiger partial charge on any atom is -0.479 e. The van der Waals surface area contributed by atoms with E-state index in [2.05, 4.69) is 23.5 Å². The van der Waals surface area contributed by atoms with Gasteiger partial charge in [-0.2, -0.15) is 5.26 Å². The molecule has 2 aliphatic heterocycles. The molecular formula is C28H40FN5O5. The van der Waals surface area contributed by atoms with E-state index in [-0.39, 0.29) is 43.4 Å². The van der Waals surface area contributed by atoms with Crippen LogP contribution in [0.3, 0.4) is 0 Å². The van der Waals surface area contributed by atoms with Gasteiger partial charge in [-0.05, 0) is 43.1 Å². The fraction of sp³-hybridized carbons (Fsp3) is 0.643. The van der Waals surface area contributed by atoms with E-state index in [0.29, 0.717) is 11.8 Å². The number of nitriles is 1. The molecule has 39 heavy (non-hydrogen) atoms. The van der Waals surface area contributed by atoms with Gasteiger partial charge in [0.15, 0.2) is 6.10 Å². The van der Waals surface area contributed by atoms with Crippen molar-refractivity contribution in [1.29, 1.82) is 5.26 Å². The van der Waals surface area contributed by atoms with E-state index in [9.17, 15) is 24.0 Å². The lowest BCUT2D eigenvalue weighted by atomic mass is 9.87. The number of urea groups is 1. The summed E-state index contributed by atoms with van der Waals surface area (Å²) < 4.78 is 13.8. The molecule has 1 aromatic rings. The van der Waals surface area contributed by atoms with Crippen molar-refractivity contribution in [1.82, 2.24) is 20.0 Å². The maximum Gasteiger partial charge on any atom is 0.332 e. The maximum atomic E-state index is 13.8. The fourth-order valence-electron chi connectivity index (χ4n) is 5.99. The highest BCUT2D eigenvalue weighted by molar-refractivity contribution is 5.79. The summed E-state index contributed by atoms with van der Waals surface area (Å²) in [5.41, 5.74) is 0.949. The van der Waals surface area contributed by atoms with Crippen LogP contribution in [0.1, 0.15) is 38.2 Å². The first-order valence-electron chi connectivity index (χ1n) is 13.5. The third-order valence-electron chi connectivity index (χ3n) is 7.93. The van der Waals surface area contributed by atoms with E-state index >= 15 is 0 Å². The number of nitrogens with one attached hydrogen (secondary N) is 1. The van der Waals surface area contributed by atoms with E-state index in [4.69, 9.17) is 10.2 Å².